The van der Waals surface area contributed by atoms with Crippen molar-refractivity contribution in [3.8, 4) is 0 Å². The molecule has 152 valence electrons. The van der Waals surface area contributed by atoms with Crippen LogP contribution in [0.25, 0.3) is 0 Å². The second-order valence-electron chi connectivity index (χ2n) is 7.85. The van der Waals surface area contributed by atoms with Gasteiger partial charge in [0.25, 0.3) is 5.91 Å². The van der Waals surface area contributed by atoms with Gasteiger partial charge in [0.15, 0.2) is 24.0 Å². The number of carbonyl (C=O) groups excluding carboxylic acids is 1. The highest BCUT2D eigenvalue weighted by atomic mass is 19.1. The topological polar surface area (TPSA) is 87.6 Å². The van der Waals surface area contributed by atoms with E-state index in [1.807, 2.05) is 0 Å². The first-order valence-electron chi connectivity index (χ1n) is 9.09. The van der Waals surface area contributed by atoms with Crippen molar-refractivity contribution in [2.45, 2.75) is 70.0 Å². The van der Waals surface area contributed by atoms with Crippen molar-refractivity contribution in [1.29, 1.82) is 0 Å². The lowest BCUT2D eigenvalue weighted by molar-refractivity contribution is -0.231. The monoisotopic (exact) mass is 394 g/mol. The Hall–Kier alpha value is -1.91. The fourth-order valence-electron chi connectivity index (χ4n) is 3.63. The van der Waals surface area contributed by atoms with Crippen LogP contribution in [0.2, 0.25) is 0 Å². The van der Waals surface area contributed by atoms with E-state index < -0.39 is 54.0 Å². The van der Waals surface area contributed by atoms with Gasteiger partial charge in [0, 0.05) is 5.56 Å². The molecule has 0 aromatic heterocycles. The molecule has 1 amide bonds. The van der Waals surface area contributed by atoms with Gasteiger partial charge >= 0.3 is 0 Å². The van der Waals surface area contributed by atoms with Gasteiger partial charge in [-0.3, -0.25) is 4.79 Å². The number of halogens is 1. The summed E-state index contributed by atoms with van der Waals surface area (Å²) in [4.78, 5) is 12.7. The summed E-state index contributed by atoms with van der Waals surface area (Å²) >= 11 is 0. The molecule has 1 aromatic carbocycles. The number of carbonyl (C=O) groups is 1. The lowest BCUT2D eigenvalue weighted by Crippen LogP contribution is -2.59. The van der Waals surface area contributed by atoms with Crippen LogP contribution >= 0.6 is 0 Å². The standard InChI is InChI=1S/C19H23FN2O6/c1-18(2)25-12-13(26-18)15-17(28-19(3,4)27-15)24-14(12)16(23)22-21-9-10-7-5-6-8-11(10)20/h5-9,12-15,17H,1-4H3,(H,22,23)/b21-9-/t12-,13-,14-,15-,17+/m1/s1. The molecule has 3 aliphatic heterocycles. The number of rotatable bonds is 3. The van der Waals surface area contributed by atoms with E-state index in [1.165, 1.54) is 12.3 Å². The normalized spacial score (nSPS) is 35.5. The van der Waals surface area contributed by atoms with Crippen LogP contribution in [0.4, 0.5) is 4.39 Å². The Balaban J connectivity index is 1.50. The maximum absolute atomic E-state index is 13.7. The predicted molar refractivity (Wildman–Crippen MR) is 94.7 cm³/mol. The quantitative estimate of drug-likeness (QED) is 0.620. The number of hydrogen-bond donors (Lipinski definition) is 1. The Morgan fingerprint density at radius 3 is 2.43 bits per heavy atom. The summed E-state index contributed by atoms with van der Waals surface area (Å²) in [5.74, 6) is -2.76. The number of amides is 1. The van der Waals surface area contributed by atoms with Crippen LogP contribution in [0.15, 0.2) is 29.4 Å². The van der Waals surface area contributed by atoms with E-state index in [0.717, 1.165) is 0 Å². The molecule has 3 heterocycles. The number of nitrogens with zero attached hydrogens (tertiary/aromatic N) is 1. The Kier molecular flexibility index (Phi) is 4.75. The van der Waals surface area contributed by atoms with Crippen molar-refractivity contribution in [3.05, 3.63) is 35.6 Å². The molecule has 28 heavy (non-hydrogen) atoms. The lowest BCUT2D eigenvalue weighted by Gasteiger charge is -2.36. The predicted octanol–water partition coefficient (Wildman–Crippen LogP) is 1.67. The van der Waals surface area contributed by atoms with E-state index in [-0.39, 0.29) is 5.56 Å². The largest absolute Gasteiger partial charge is 0.342 e. The zero-order chi connectivity index (χ0) is 20.1. The van der Waals surface area contributed by atoms with Crippen LogP contribution in [0.1, 0.15) is 33.3 Å². The minimum atomic E-state index is -1.02. The highest BCUT2D eigenvalue weighted by Gasteiger charge is 2.62. The van der Waals surface area contributed by atoms with Gasteiger partial charge in [-0.25, -0.2) is 9.82 Å². The third kappa shape index (κ3) is 3.68. The minimum Gasteiger partial charge on any atom is -0.342 e. The van der Waals surface area contributed by atoms with Gasteiger partial charge in [-0.15, -0.1) is 0 Å². The number of fused-ring (bicyclic) bond motifs is 3. The molecule has 0 bridgehead atoms. The molecule has 1 N–H and O–H groups in total. The van der Waals surface area contributed by atoms with Gasteiger partial charge in [-0.2, -0.15) is 5.10 Å². The van der Waals surface area contributed by atoms with Crippen molar-refractivity contribution in [2.75, 3.05) is 0 Å². The molecule has 0 aliphatic carbocycles. The van der Waals surface area contributed by atoms with E-state index in [9.17, 15) is 9.18 Å². The van der Waals surface area contributed by atoms with Gasteiger partial charge in [-0.1, -0.05) is 18.2 Å². The van der Waals surface area contributed by atoms with Crippen molar-refractivity contribution >= 4 is 12.1 Å². The van der Waals surface area contributed by atoms with Crippen LogP contribution in [-0.4, -0.2) is 54.4 Å². The summed E-state index contributed by atoms with van der Waals surface area (Å²) in [6.45, 7) is 7.04. The molecule has 4 rings (SSSR count). The molecule has 8 nitrogen and oxygen atoms in total. The van der Waals surface area contributed by atoms with E-state index in [4.69, 9.17) is 23.7 Å². The molecule has 3 saturated heterocycles. The summed E-state index contributed by atoms with van der Waals surface area (Å²) in [5.41, 5.74) is 2.63. The van der Waals surface area contributed by atoms with E-state index in [2.05, 4.69) is 10.5 Å². The zero-order valence-corrected chi connectivity index (χ0v) is 16.0. The summed E-state index contributed by atoms with van der Waals surface area (Å²) in [6, 6.07) is 6.10. The Labute approximate surface area is 161 Å². The molecule has 0 unspecified atom stereocenters. The van der Waals surface area contributed by atoms with Gasteiger partial charge in [0.2, 0.25) is 0 Å². The van der Waals surface area contributed by atoms with Crippen molar-refractivity contribution in [3.63, 3.8) is 0 Å². The number of hydrazone groups is 1. The average Bonchev–Trinajstić information content (AvgIpc) is 3.09. The van der Waals surface area contributed by atoms with Crippen molar-refractivity contribution in [1.82, 2.24) is 5.43 Å². The third-order valence-corrected chi connectivity index (χ3v) is 4.70. The highest BCUT2D eigenvalue weighted by molar-refractivity contribution is 5.85. The molecule has 9 heteroatoms. The smallest absolute Gasteiger partial charge is 0.272 e. The van der Waals surface area contributed by atoms with Crippen LogP contribution < -0.4 is 5.43 Å². The summed E-state index contributed by atoms with van der Waals surface area (Å²) in [6.07, 6.45) is -2.33. The molecule has 5 atom stereocenters. The molecule has 0 saturated carbocycles. The molecule has 3 fully saturated rings. The van der Waals surface area contributed by atoms with E-state index in [1.54, 1.807) is 45.9 Å². The first kappa shape index (κ1) is 19.4. The number of ether oxygens (including phenoxy) is 5. The van der Waals surface area contributed by atoms with Gasteiger partial charge in [-0.05, 0) is 33.8 Å². The van der Waals surface area contributed by atoms with Crippen molar-refractivity contribution in [2.24, 2.45) is 5.10 Å². The number of benzene rings is 1. The minimum absolute atomic E-state index is 0.251. The van der Waals surface area contributed by atoms with Crippen LogP contribution in [0.3, 0.4) is 0 Å². The average molecular weight is 394 g/mol. The Bertz CT molecular complexity index is 798. The van der Waals surface area contributed by atoms with Gasteiger partial charge < -0.3 is 23.7 Å². The first-order valence-corrected chi connectivity index (χ1v) is 9.09. The number of hydrogen-bond acceptors (Lipinski definition) is 7. The molecule has 0 radical (unpaired) electrons. The van der Waals surface area contributed by atoms with E-state index in [0.29, 0.717) is 0 Å². The molecule has 0 spiro atoms. The lowest BCUT2D eigenvalue weighted by atomic mass is 9.98. The van der Waals surface area contributed by atoms with Crippen LogP contribution in [0.5, 0.6) is 0 Å². The fraction of sp³-hybridized carbons (Fsp3) is 0.579. The third-order valence-electron chi connectivity index (χ3n) is 4.70. The van der Waals surface area contributed by atoms with Crippen molar-refractivity contribution < 1.29 is 32.9 Å². The van der Waals surface area contributed by atoms with Gasteiger partial charge in [0.05, 0.1) is 6.21 Å². The SMILES string of the molecule is CC1(C)O[C@@H]2[C@@H](O1)[C@H](C(=O)N/N=C\c1ccccc1F)O[C@H]1OC(C)(C)O[C@@H]12. The van der Waals surface area contributed by atoms with E-state index >= 15 is 0 Å². The molecular formula is C19H23FN2O6. The van der Waals surface area contributed by atoms with Gasteiger partial charge in [0.1, 0.15) is 24.1 Å². The molecule has 3 aliphatic rings. The first-order chi connectivity index (χ1) is 13.2. The summed E-state index contributed by atoms with van der Waals surface area (Å²) in [7, 11) is 0. The fourth-order valence-corrected chi connectivity index (χ4v) is 3.63. The summed E-state index contributed by atoms with van der Waals surface area (Å²) < 4.78 is 43.0. The second-order valence-corrected chi connectivity index (χ2v) is 7.85. The maximum Gasteiger partial charge on any atom is 0.272 e. The summed E-state index contributed by atoms with van der Waals surface area (Å²) in [5, 5.41) is 3.83. The second kappa shape index (κ2) is 6.85. The molecular weight excluding hydrogens is 371 g/mol. The number of nitrogens with one attached hydrogen (secondary N) is 1. The van der Waals surface area contributed by atoms with Crippen LogP contribution in [0, 0.1) is 5.82 Å². The highest BCUT2D eigenvalue weighted by Crippen LogP contribution is 2.44. The Morgan fingerprint density at radius 2 is 1.68 bits per heavy atom. The maximum atomic E-state index is 13.7. The van der Waals surface area contributed by atoms with Crippen LogP contribution in [-0.2, 0) is 28.5 Å². The zero-order valence-electron chi connectivity index (χ0n) is 16.0. The Morgan fingerprint density at radius 1 is 1.04 bits per heavy atom. The molecule has 1 aromatic rings.